The van der Waals surface area contributed by atoms with Crippen LogP contribution in [0.15, 0.2) is 22.7 Å². The van der Waals surface area contributed by atoms with Crippen LogP contribution in [-0.4, -0.2) is 30.0 Å². The molecule has 0 spiro atoms. The topological polar surface area (TPSA) is 29.5 Å². The number of likely N-dealkylation sites (tertiary alicyclic amines) is 1. The van der Waals surface area contributed by atoms with E-state index in [1.54, 1.807) is 12.1 Å². The summed E-state index contributed by atoms with van der Waals surface area (Å²) in [6, 6.07) is 5.66. The first-order chi connectivity index (χ1) is 9.08. The third kappa shape index (κ3) is 3.86. The maximum Gasteiger partial charge on any atom is 0.260 e. The van der Waals surface area contributed by atoms with Crippen molar-refractivity contribution in [2.45, 2.75) is 32.2 Å². The Kier molecular flexibility index (Phi) is 5.11. The quantitative estimate of drug-likeness (QED) is 0.831. The van der Waals surface area contributed by atoms with Crippen molar-refractivity contribution >= 4 is 33.4 Å². The molecule has 1 heterocycles. The average Bonchev–Trinajstić information content (AvgIpc) is 2.40. The molecule has 1 amide bonds. The number of benzene rings is 1. The zero-order valence-corrected chi connectivity index (χ0v) is 13.2. The summed E-state index contributed by atoms with van der Waals surface area (Å²) in [4.78, 5) is 14.0. The molecule has 1 aromatic carbocycles. The van der Waals surface area contributed by atoms with Crippen LogP contribution in [-0.2, 0) is 4.79 Å². The Morgan fingerprint density at radius 3 is 3.05 bits per heavy atom. The highest BCUT2D eigenvalue weighted by Crippen LogP contribution is 2.28. The highest BCUT2D eigenvalue weighted by Gasteiger charge is 2.23. The van der Waals surface area contributed by atoms with Gasteiger partial charge in [0.25, 0.3) is 5.91 Å². The molecule has 2 rings (SSSR count). The van der Waals surface area contributed by atoms with Gasteiger partial charge in [-0.25, -0.2) is 0 Å². The highest BCUT2D eigenvalue weighted by molar-refractivity contribution is 9.10. The summed E-state index contributed by atoms with van der Waals surface area (Å²) in [6.45, 7) is 2.96. The summed E-state index contributed by atoms with van der Waals surface area (Å²) in [6.07, 6.45) is 3.35. The molecule has 5 heteroatoms. The third-order valence-electron chi connectivity index (χ3n) is 3.37. The Balaban J connectivity index is 1.94. The number of ether oxygens (including phenoxy) is 1. The normalized spacial score (nSPS) is 19.3. The van der Waals surface area contributed by atoms with E-state index in [4.69, 9.17) is 16.3 Å². The van der Waals surface area contributed by atoms with E-state index in [9.17, 15) is 4.79 Å². The van der Waals surface area contributed by atoms with Crippen molar-refractivity contribution < 1.29 is 9.53 Å². The van der Waals surface area contributed by atoms with Crippen LogP contribution < -0.4 is 4.74 Å². The van der Waals surface area contributed by atoms with Crippen molar-refractivity contribution in [3.05, 3.63) is 27.7 Å². The minimum absolute atomic E-state index is 0.0308. The molecule has 1 aliphatic rings. The second-order valence-corrected chi connectivity index (χ2v) is 6.12. The van der Waals surface area contributed by atoms with Crippen molar-refractivity contribution in [1.82, 2.24) is 4.90 Å². The Morgan fingerprint density at radius 1 is 1.53 bits per heavy atom. The number of carbonyl (C=O) groups is 1. The SMILES string of the molecule is CC1CCCCN1C(=O)COc1cc(Br)ccc1Cl. The number of halogens is 2. The molecule has 1 fully saturated rings. The van der Waals surface area contributed by atoms with Gasteiger partial charge in [-0.1, -0.05) is 27.5 Å². The van der Waals surface area contributed by atoms with Gasteiger partial charge in [-0.15, -0.1) is 0 Å². The van der Waals surface area contributed by atoms with Crippen molar-refractivity contribution in [3.8, 4) is 5.75 Å². The fourth-order valence-corrected chi connectivity index (χ4v) is 2.79. The van der Waals surface area contributed by atoms with Crippen LogP contribution in [0.2, 0.25) is 5.02 Å². The van der Waals surface area contributed by atoms with Crippen LogP contribution in [0.3, 0.4) is 0 Å². The molecule has 1 aromatic rings. The van der Waals surface area contributed by atoms with Gasteiger partial charge in [0, 0.05) is 17.1 Å². The summed E-state index contributed by atoms with van der Waals surface area (Å²) in [5, 5.41) is 0.516. The van der Waals surface area contributed by atoms with Crippen molar-refractivity contribution in [2.24, 2.45) is 0 Å². The minimum atomic E-state index is 0.0308. The number of nitrogens with zero attached hydrogens (tertiary/aromatic N) is 1. The average molecular weight is 347 g/mol. The summed E-state index contributed by atoms with van der Waals surface area (Å²) in [5.74, 6) is 0.567. The second kappa shape index (κ2) is 6.62. The molecule has 1 atom stereocenters. The third-order valence-corrected chi connectivity index (χ3v) is 4.17. The summed E-state index contributed by atoms with van der Waals surface area (Å²) < 4.78 is 6.41. The first kappa shape index (κ1) is 14.7. The molecule has 0 N–H and O–H groups in total. The Morgan fingerprint density at radius 2 is 2.32 bits per heavy atom. The van der Waals surface area contributed by atoms with Crippen LogP contribution in [0.5, 0.6) is 5.75 Å². The van der Waals surface area contributed by atoms with Gasteiger partial charge in [-0.3, -0.25) is 4.79 Å². The molecule has 0 saturated carbocycles. The van der Waals surface area contributed by atoms with Gasteiger partial charge >= 0.3 is 0 Å². The van der Waals surface area contributed by atoms with Crippen molar-refractivity contribution in [1.29, 1.82) is 0 Å². The number of carbonyl (C=O) groups excluding carboxylic acids is 1. The number of hydrogen-bond acceptors (Lipinski definition) is 2. The lowest BCUT2D eigenvalue weighted by Crippen LogP contribution is -2.44. The highest BCUT2D eigenvalue weighted by atomic mass is 79.9. The first-order valence-electron chi connectivity index (χ1n) is 6.45. The first-order valence-corrected chi connectivity index (χ1v) is 7.62. The number of hydrogen-bond donors (Lipinski definition) is 0. The van der Waals surface area contributed by atoms with Crippen molar-refractivity contribution in [2.75, 3.05) is 13.2 Å². The summed E-state index contributed by atoms with van der Waals surface area (Å²) in [5.41, 5.74) is 0. The molecule has 0 bridgehead atoms. The zero-order valence-electron chi connectivity index (χ0n) is 10.9. The molecule has 1 aliphatic heterocycles. The molecule has 104 valence electrons. The van der Waals surface area contributed by atoms with E-state index in [-0.39, 0.29) is 12.5 Å². The largest absolute Gasteiger partial charge is 0.482 e. The van der Waals surface area contributed by atoms with Crippen LogP contribution in [0.4, 0.5) is 0 Å². The minimum Gasteiger partial charge on any atom is -0.482 e. The van der Waals surface area contributed by atoms with E-state index in [2.05, 4.69) is 22.9 Å². The van der Waals surface area contributed by atoms with E-state index in [0.29, 0.717) is 16.8 Å². The van der Waals surface area contributed by atoms with E-state index in [1.807, 2.05) is 11.0 Å². The molecule has 19 heavy (non-hydrogen) atoms. The van der Waals surface area contributed by atoms with Gasteiger partial charge < -0.3 is 9.64 Å². The molecule has 0 aromatic heterocycles. The van der Waals surface area contributed by atoms with Gasteiger partial charge in [0.15, 0.2) is 6.61 Å². The van der Waals surface area contributed by atoms with Crippen LogP contribution in [0.25, 0.3) is 0 Å². The maximum atomic E-state index is 12.1. The molecule has 3 nitrogen and oxygen atoms in total. The lowest BCUT2D eigenvalue weighted by atomic mass is 10.0. The molecular formula is C14H17BrClNO2. The number of rotatable bonds is 3. The summed E-state index contributed by atoms with van der Waals surface area (Å²) >= 11 is 9.38. The predicted octanol–water partition coefficient (Wildman–Crippen LogP) is 3.88. The number of piperidine rings is 1. The molecule has 1 saturated heterocycles. The smallest absolute Gasteiger partial charge is 0.260 e. The summed E-state index contributed by atoms with van der Waals surface area (Å²) in [7, 11) is 0. The Bertz CT molecular complexity index is 467. The van der Waals surface area contributed by atoms with Crippen LogP contribution in [0, 0.1) is 0 Å². The Labute approximate surface area is 127 Å². The van der Waals surface area contributed by atoms with Gasteiger partial charge in [-0.05, 0) is 44.4 Å². The molecule has 1 unspecified atom stereocenters. The van der Waals surface area contributed by atoms with E-state index in [0.717, 1.165) is 23.9 Å². The van der Waals surface area contributed by atoms with E-state index in [1.165, 1.54) is 6.42 Å². The Hall–Kier alpha value is -0.740. The van der Waals surface area contributed by atoms with Gasteiger partial charge in [-0.2, -0.15) is 0 Å². The molecule has 0 radical (unpaired) electrons. The second-order valence-electron chi connectivity index (χ2n) is 4.80. The van der Waals surface area contributed by atoms with Crippen LogP contribution >= 0.6 is 27.5 Å². The molecular weight excluding hydrogens is 330 g/mol. The van der Waals surface area contributed by atoms with E-state index >= 15 is 0 Å². The van der Waals surface area contributed by atoms with Crippen molar-refractivity contribution in [3.63, 3.8) is 0 Å². The standard InChI is InChI=1S/C14H17BrClNO2/c1-10-4-2-3-7-17(10)14(18)9-19-13-8-11(15)5-6-12(13)16/h5-6,8,10H,2-4,7,9H2,1H3. The number of amides is 1. The maximum absolute atomic E-state index is 12.1. The van der Waals surface area contributed by atoms with E-state index < -0.39 is 0 Å². The fourth-order valence-electron chi connectivity index (χ4n) is 2.28. The van der Waals surface area contributed by atoms with Crippen LogP contribution in [0.1, 0.15) is 26.2 Å². The zero-order chi connectivity index (χ0) is 13.8. The lowest BCUT2D eigenvalue weighted by Gasteiger charge is -2.33. The van der Waals surface area contributed by atoms with Gasteiger partial charge in [0.2, 0.25) is 0 Å². The van der Waals surface area contributed by atoms with Gasteiger partial charge in [0.1, 0.15) is 5.75 Å². The monoisotopic (exact) mass is 345 g/mol. The fraction of sp³-hybridized carbons (Fsp3) is 0.500. The molecule has 0 aliphatic carbocycles. The predicted molar refractivity (Wildman–Crippen MR) is 79.7 cm³/mol. The van der Waals surface area contributed by atoms with Gasteiger partial charge in [0.05, 0.1) is 5.02 Å². The lowest BCUT2D eigenvalue weighted by molar-refractivity contribution is -0.136.